The molecule has 0 radical (unpaired) electrons. The molecule has 0 aromatic heterocycles. The molecule has 1 aliphatic heterocycles. The number of sulfone groups is 1. The van der Waals surface area contributed by atoms with Crippen LogP contribution in [0.15, 0.2) is 52.3 Å². The van der Waals surface area contributed by atoms with Gasteiger partial charge in [0.15, 0.2) is 0 Å². The van der Waals surface area contributed by atoms with E-state index in [2.05, 4.69) is 0 Å². The highest BCUT2D eigenvalue weighted by molar-refractivity contribution is 7.91. The second-order valence-corrected chi connectivity index (χ2v) is 10.5. The molecule has 1 aliphatic rings. The molecule has 1 amide bonds. The van der Waals surface area contributed by atoms with Crippen LogP contribution in [0.1, 0.15) is 26.3 Å². The quantitative estimate of drug-likeness (QED) is 0.462. The van der Waals surface area contributed by atoms with E-state index in [-0.39, 0.29) is 31.9 Å². The molecule has 1 heterocycles. The van der Waals surface area contributed by atoms with Crippen molar-refractivity contribution in [1.29, 1.82) is 0 Å². The van der Waals surface area contributed by atoms with Gasteiger partial charge in [0, 0.05) is 26.2 Å². The molecule has 0 aliphatic carbocycles. The summed E-state index contributed by atoms with van der Waals surface area (Å²) in [7, 11) is -4.57. The maximum Gasteiger partial charge on any atom is 0.419 e. The number of ether oxygens (including phenoxy) is 1. The van der Waals surface area contributed by atoms with E-state index < -0.39 is 48.9 Å². The van der Waals surface area contributed by atoms with Gasteiger partial charge in [0.05, 0.1) is 21.0 Å². The lowest BCUT2D eigenvalue weighted by Crippen LogP contribution is -2.50. The third kappa shape index (κ3) is 5.58. The summed E-state index contributed by atoms with van der Waals surface area (Å²) in [5, 5.41) is 0. The fourth-order valence-electron chi connectivity index (χ4n) is 3.49. The van der Waals surface area contributed by atoms with Crippen LogP contribution < -0.4 is 4.90 Å². The minimum absolute atomic E-state index is 0.0579. The summed E-state index contributed by atoms with van der Waals surface area (Å²) in [5.74, 6) is -0.707. The largest absolute Gasteiger partial charge is 0.444 e. The Balaban J connectivity index is 1.95. The maximum atomic E-state index is 14.1. The summed E-state index contributed by atoms with van der Waals surface area (Å²) >= 11 is 0. The second kappa shape index (κ2) is 8.85. The van der Waals surface area contributed by atoms with Gasteiger partial charge in [-0.1, -0.05) is 6.07 Å². The Kier molecular flexibility index (Phi) is 6.65. The fourth-order valence-corrected chi connectivity index (χ4v) is 4.98. The lowest BCUT2D eigenvalue weighted by atomic mass is 10.1. The van der Waals surface area contributed by atoms with Crippen molar-refractivity contribution < 1.29 is 35.5 Å². The van der Waals surface area contributed by atoms with E-state index in [1.54, 1.807) is 20.8 Å². The van der Waals surface area contributed by atoms with Gasteiger partial charge in [-0.15, -0.1) is 0 Å². The monoisotopic (exact) mass is 488 g/mol. The molecule has 6 nitrogen and oxygen atoms in total. The Hall–Kier alpha value is -2.82. The molecule has 11 heteroatoms. The first-order valence-electron chi connectivity index (χ1n) is 10.1. The number of halogens is 4. The molecule has 0 spiro atoms. The number of carbonyl (C=O) groups excluding carboxylic acids is 1. The van der Waals surface area contributed by atoms with Gasteiger partial charge in [-0.3, -0.25) is 0 Å². The number of anilines is 1. The highest BCUT2D eigenvalue weighted by Crippen LogP contribution is 2.42. The first kappa shape index (κ1) is 24.8. The van der Waals surface area contributed by atoms with Crippen molar-refractivity contribution in [3.63, 3.8) is 0 Å². The van der Waals surface area contributed by atoms with E-state index >= 15 is 0 Å². The van der Waals surface area contributed by atoms with Crippen molar-refractivity contribution in [1.82, 2.24) is 4.90 Å². The van der Waals surface area contributed by atoms with Crippen molar-refractivity contribution in [2.75, 3.05) is 31.1 Å². The van der Waals surface area contributed by atoms with Crippen LogP contribution in [0.3, 0.4) is 0 Å². The summed E-state index contributed by atoms with van der Waals surface area (Å²) in [5.41, 5.74) is -2.30. The number of carbonyl (C=O) groups is 1. The molecule has 2 aromatic rings. The minimum Gasteiger partial charge on any atom is -0.444 e. The van der Waals surface area contributed by atoms with Gasteiger partial charge < -0.3 is 14.5 Å². The zero-order valence-electron chi connectivity index (χ0n) is 18.3. The summed E-state index contributed by atoms with van der Waals surface area (Å²) in [6.07, 6.45) is -5.53. The van der Waals surface area contributed by atoms with Crippen LogP contribution in [-0.4, -0.2) is 51.2 Å². The number of alkyl halides is 3. The van der Waals surface area contributed by atoms with E-state index in [1.807, 2.05) is 0 Å². The molecule has 0 atom stereocenters. The van der Waals surface area contributed by atoms with Crippen molar-refractivity contribution in [2.24, 2.45) is 0 Å². The smallest absolute Gasteiger partial charge is 0.419 e. The van der Waals surface area contributed by atoms with E-state index in [4.69, 9.17) is 4.74 Å². The summed E-state index contributed by atoms with van der Waals surface area (Å²) in [4.78, 5) is 13.7. The third-order valence-electron chi connectivity index (χ3n) is 4.97. The van der Waals surface area contributed by atoms with Crippen LogP contribution in [0.5, 0.6) is 0 Å². The minimum atomic E-state index is -4.97. The lowest BCUT2D eigenvalue weighted by Gasteiger charge is -2.37. The number of amides is 1. The Labute approximate surface area is 189 Å². The zero-order chi connectivity index (χ0) is 24.6. The Bertz CT molecular complexity index is 1120. The molecular formula is C22H24F4N2O4S. The van der Waals surface area contributed by atoms with Crippen LogP contribution in [0, 0.1) is 5.82 Å². The summed E-state index contributed by atoms with van der Waals surface area (Å²) < 4.78 is 86.9. The van der Waals surface area contributed by atoms with Crippen LogP contribution in [0.2, 0.25) is 0 Å². The van der Waals surface area contributed by atoms with Gasteiger partial charge in [-0.25, -0.2) is 17.6 Å². The van der Waals surface area contributed by atoms with Gasteiger partial charge in [-0.05, 0) is 57.2 Å². The van der Waals surface area contributed by atoms with Gasteiger partial charge >= 0.3 is 12.3 Å². The van der Waals surface area contributed by atoms with E-state index in [0.29, 0.717) is 0 Å². The van der Waals surface area contributed by atoms with Crippen molar-refractivity contribution in [3.8, 4) is 0 Å². The number of piperazine rings is 1. The number of rotatable bonds is 3. The molecule has 33 heavy (non-hydrogen) atoms. The number of benzene rings is 2. The highest BCUT2D eigenvalue weighted by Gasteiger charge is 2.42. The van der Waals surface area contributed by atoms with Crippen molar-refractivity contribution in [3.05, 3.63) is 53.8 Å². The number of nitrogens with zero attached hydrogens (tertiary/aromatic N) is 2. The number of hydrogen-bond acceptors (Lipinski definition) is 5. The average molecular weight is 489 g/mol. The highest BCUT2D eigenvalue weighted by atomic mass is 32.2. The maximum absolute atomic E-state index is 14.1. The topological polar surface area (TPSA) is 66.9 Å². The zero-order valence-corrected chi connectivity index (χ0v) is 19.1. The normalized spacial score (nSPS) is 15.5. The molecule has 180 valence electrons. The van der Waals surface area contributed by atoms with E-state index in [0.717, 1.165) is 30.3 Å². The molecule has 0 bridgehead atoms. The summed E-state index contributed by atoms with van der Waals surface area (Å²) in [6.45, 7) is 5.48. The predicted octanol–water partition coefficient (Wildman–Crippen LogP) is 4.73. The molecule has 1 fully saturated rings. The van der Waals surface area contributed by atoms with Gasteiger partial charge in [0.25, 0.3) is 0 Å². The SMILES string of the molecule is CC(C)(C)OC(=O)N1CCN(c2cccc(S(=O)(=O)c3ccc(F)cc3)c2C(F)(F)F)CC1. The Morgan fingerprint density at radius 1 is 0.939 bits per heavy atom. The van der Waals surface area contributed by atoms with Crippen LogP contribution in [0.4, 0.5) is 28.0 Å². The van der Waals surface area contributed by atoms with Gasteiger partial charge in [0.1, 0.15) is 11.4 Å². The van der Waals surface area contributed by atoms with E-state index in [1.165, 1.54) is 21.9 Å². The van der Waals surface area contributed by atoms with E-state index in [9.17, 15) is 30.8 Å². The Morgan fingerprint density at radius 3 is 2.03 bits per heavy atom. The molecule has 2 aromatic carbocycles. The number of hydrogen-bond donors (Lipinski definition) is 0. The predicted molar refractivity (Wildman–Crippen MR) is 113 cm³/mol. The molecule has 0 N–H and O–H groups in total. The third-order valence-corrected chi connectivity index (χ3v) is 6.79. The molecule has 0 saturated carbocycles. The first-order valence-corrected chi connectivity index (χ1v) is 11.6. The van der Waals surface area contributed by atoms with Gasteiger partial charge in [-0.2, -0.15) is 13.2 Å². The molecule has 1 saturated heterocycles. The lowest BCUT2D eigenvalue weighted by molar-refractivity contribution is -0.139. The molecule has 3 rings (SSSR count). The van der Waals surface area contributed by atoms with Gasteiger partial charge in [0.2, 0.25) is 9.84 Å². The Morgan fingerprint density at radius 2 is 1.52 bits per heavy atom. The van der Waals surface area contributed by atoms with Crippen molar-refractivity contribution in [2.45, 2.75) is 42.3 Å². The fraction of sp³-hybridized carbons (Fsp3) is 0.409. The molecular weight excluding hydrogens is 464 g/mol. The summed E-state index contributed by atoms with van der Waals surface area (Å²) in [6, 6.07) is 6.94. The first-order chi connectivity index (χ1) is 15.2. The van der Waals surface area contributed by atoms with Crippen LogP contribution >= 0.6 is 0 Å². The average Bonchev–Trinajstić information content (AvgIpc) is 2.72. The van der Waals surface area contributed by atoms with Crippen LogP contribution in [-0.2, 0) is 20.8 Å². The standard InChI is InChI=1S/C22H24F4N2O4S/c1-21(2,3)32-20(29)28-13-11-27(12-14-28)17-5-4-6-18(19(17)22(24,25)26)33(30,31)16-9-7-15(23)8-10-16/h4-10H,11-14H2,1-3H3. The molecule has 0 unspecified atom stereocenters. The second-order valence-electron chi connectivity index (χ2n) is 8.56. The van der Waals surface area contributed by atoms with Crippen LogP contribution in [0.25, 0.3) is 0 Å². The van der Waals surface area contributed by atoms with Crippen molar-refractivity contribution >= 4 is 21.6 Å².